The maximum atomic E-state index is 13.4. The van der Waals surface area contributed by atoms with Gasteiger partial charge in [-0.15, -0.1) is 0 Å². The summed E-state index contributed by atoms with van der Waals surface area (Å²) in [6.07, 6.45) is 0.471. The number of halogens is 3. The highest BCUT2D eigenvalue weighted by Gasteiger charge is 2.29. The second-order valence-electron chi connectivity index (χ2n) is 8.45. The number of carboxylic acid groups (broad SMARTS) is 1. The highest BCUT2D eigenvalue weighted by molar-refractivity contribution is 9.11. The first-order chi connectivity index (χ1) is 17.7. The smallest absolute Gasteiger partial charge is 0.326 e. The van der Waals surface area contributed by atoms with Crippen LogP contribution in [0.25, 0.3) is 0 Å². The average molecular weight is 696 g/mol. The number of carboxylic acids is 1. The summed E-state index contributed by atoms with van der Waals surface area (Å²) in [6, 6.07) is 18.8. The van der Waals surface area contributed by atoms with E-state index in [0.717, 1.165) is 30.1 Å². The van der Waals surface area contributed by atoms with Gasteiger partial charge in [0.05, 0.1) is 6.04 Å². The molecule has 3 aromatic rings. The lowest BCUT2D eigenvalue weighted by molar-refractivity contribution is -0.142. The van der Waals surface area contributed by atoms with Crippen LogP contribution >= 0.6 is 47.8 Å². The Balaban J connectivity index is 1.79. The van der Waals surface area contributed by atoms with Crippen LogP contribution in [0.4, 0.5) is 0 Å². The molecule has 0 radical (unpaired) electrons. The number of aliphatic carboxylic acids is 1. The van der Waals surface area contributed by atoms with Gasteiger partial charge in [-0.2, -0.15) is 0 Å². The molecule has 0 fully saturated rings. The van der Waals surface area contributed by atoms with E-state index < -0.39 is 35.9 Å². The SMILES string of the molecule is N[C@@H](Cc1ccccc1Br)C(=O)N[C@@H](Cc1ccccc1Br)C(=O)N[C@@H](Cc1ccccc1Br)C(=O)O. The number of carbonyl (C=O) groups is 3. The van der Waals surface area contributed by atoms with Gasteiger partial charge in [-0.05, 0) is 41.3 Å². The van der Waals surface area contributed by atoms with E-state index >= 15 is 0 Å². The molecule has 0 saturated heterocycles. The van der Waals surface area contributed by atoms with E-state index in [1.165, 1.54) is 0 Å². The number of benzene rings is 3. The molecule has 0 aliphatic carbocycles. The van der Waals surface area contributed by atoms with Crippen molar-refractivity contribution in [2.24, 2.45) is 5.73 Å². The zero-order chi connectivity index (χ0) is 26.9. The molecule has 194 valence electrons. The summed E-state index contributed by atoms with van der Waals surface area (Å²) in [6.45, 7) is 0. The van der Waals surface area contributed by atoms with E-state index in [2.05, 4.69) is 58.4 Å². The lowest BCUT2D eigenvalue weighted by atomic mass is 10.0. The van der Waals surface area contributed by atoms with Crippen LogP contribution in [0.5, 0.6) is 0 Å². The number of carbonyl (C=O) groups excluding carboxylic acids is 2. The number of rotatable bonds is 11. The molecule has 0 unspecified atom stereocenters. The predicted octanol–water partition coefficient (Wildman–Crippen LogP) is 4.38. The molecule has 0 saturated carbocycles. The Morgan fingerprint density at radius 2 is 1.03 bits per heavy atom. The molecule has 0 bridgehead atoms. The molecule has 3 atom stereocenters. The van der Waals surface area contributed by atoms with E-state index in [-0.39, 0.29) is 19.3 Å². The lowest BCUT2D eigenvalue weighted by Gasteiger charge is -2.24. The highest BCUT2D eigenvalue weighted by atomic mass is 79.9. The number of hydrogen-bond donors (Lipinski definition) is 4. The summed E-state index contributed by atoms with van der Waals surface area (Å²) in [5.41, 5.74) is 8.55. The van der Waals surface area contributed by atoms with Crippen molar-refractivity contribution in [2.75, 3.05) is 0 Å². The van der Waals surface area contributed by atoms with Crippen LogP contribution in [0.3, 0.4) is 0 Å². The fourth-order valence-corrected chi connectivity index (χ4v) is 5.06. The monoisotopic (exact) mass is 693 g/mol. The summed E-state index contributed by atoms with van der Waals surface area (Å²) in [5.74, 6) is -2.31. The normalized spacial score (nSPS) is 13.3. The maximum Gasteiger partial charge on any atom is 0.326 e. The van der Waals surface area contributed by atoms with Gasteiger partial charge in [0.2, 0.25) is 11.8 Å². The minimum atomic E-state index is -1.20. The van der Waals surface area contributed by atoms with Crippen LogP contribution in [-0.4, -0.2) is 41.0 Å². The van der Waals surface area contributed by atoms with Gasteiger partial charge in [0.15, 0.2) is 0 Å². The van der Waals surface area contributed by atoms with Gasteiger partial charge in [-0.3, -0.25) is 9.59 Å². The molecule has 0 aromatic heterocycles. The molecule has 2 amide bonds. The third-order valence-electron chi connectivity index (χ3n) is 5.75. The van der Waals surface area contributed by atoms with Crippen LogP contribution in [0, 0.1) is 0 Å². The zero-order valence-electron chi connectivity index (χ0n) is 19.7. The van der Waals surface area contributed by atoms with Gasteiger partial charge in [0, 0.05) is 26.3 Å². The lowest BCUT2D eigenvalue weighted by Crippen LogP contribution is -2.56. The molecule has 7 nitrogen and oxygen atoms in total. The van der Waals surface area contributed by atoms with Crippen molar-refractivity contribution in [3.63, 3.8) is 0 Å². The van der Waals surface area contributed by atoms with Crippen molar-refractivity contribution >= 4 is 65.6 Å². The van der Waals surface area contributed by atoms with Gasteiger partial charge >= 0.3 is 5.97 Å². The van der Waals surface area contributed by atoms with Crippen molar-refractivity contribution in [3.05, 3.63) is 103 Å². The first-order valence-electron chi connectivity index (χ1n) is 11.4. The van der Waals surface area contributed by atoms with E-state index in [4.69, 9.17) is 5.73 Å². The second-order valence-corrected chi connectivity index (χ2v) is 11.0. The minimum Gasteiger partial charge on any atom is -0.480 e. The average Bonchev–Trinajstić information content (AvgIpc) is 2.86. The number of nitrogens with two attached hydrogens (primary N) is 1. The van der Waals surface area contributed by atoms with E-state index in [9.17, 15) is 19.5 Å². The van der Waals surface area contributed by atoms with Crippen molar-refractivity contribution in [1.29, 1.82) is 0 Å². The fourth-order valence-electron chi connectivity index (χ4n) is 3.72. The third-order valence-corrected chi connectivity index (χ3v) is 8.07. The zero-order valence-corrected chi connectivity index (χ0v) is 24.4. The standard InChI is InChI=1S/C27H26Br3N3O4/c28-19-10-4-1-7-16(19)13-22(31)25(34)32-23(14-17-8-2-5-11-20(17)29)26(35)33-24(27(36)37)15-18-9-3-6-12-21(18)30/h1-12,22-24H,13-15,31H2,(H,32,34)(H,33,35)(H,36,37)/t22-,23-,24-/m0/s1. The molecule has 10 heteroatoms. The quantitative estimate of drug-likeness (QED) is 0.237. The van der Waals surface area contributed by atoms with Gasteiger partial charge in [-0.25, -0.2) is 4.79 Å². The molecule has 37 heavy (non-hydrogen) atoms. The van der Waals surface area contributed by atoms with Gasteiger partial charge in [0.1, 0.15) is 12.1 Å². The summed E-state index contributed by atoms with van der Waals surface area (Å²) in [7, 11) is 0. The maximum absolute atomic E-state index is 13.4. The minimum absolute atomic E-state index is 0.0692. The summed E-state index contributed by atoms with van der Waals surface area (Å²) in [5, 5.41) is 15.1. The van der Waals surface area contributed by atoms with Gasteiger partial charge < -0.3 is 21.5 Å². The van der Waals surface area contributed by atoms with Crippen LogP contribution in [0.1, 0.15) is 16.7 Å². The Morgan fingerprint density at radius 3 is 1.46 bits per heavy atom. The summed E-state index contributed by atoms with van der Waals surface area (Å²) < 4.78 is 2.34. The van der Waals surface area contributed by atoms with Crippen LogP contribution < -0.4 is 16.4 Å². The van der Waals surface area contributed by atoms with Gasteiger partial charge in [-0.1, -0.05) is 102 Å². The van der Waals surface area contributed by atoms with Crippen molar-refractivity contribution in [2.45, 2.75) is 37.4 Å². The first kappa shape index (κ1) is 29.0. The Morgan fingerprint density at radius 1 is 0.649 bits per heavy atom. The first-order valence-corrected chi connectivity index (χ1v) is 13.8. The molecule has 0 aliphatic rings. The molecule has 0 spiro atoms. The van der Waals surface area contributed by atoms with Crippen molar-refractivity contribution < 1.29 is 19.5 Å². The Hall–Kier alpha value is -2.53. The van der Waals surface area contributed by atoms with Crippen LogP contribution in [0.15, 0.2) is 86.2 Å². The van der Waals surface area contributed by atoms with Crippen molar-refractivity contribution in [1.82, 2.24) is 10.6 Å². The predicted molar refractivity (Wildman–Crippen MR) is 153 cm³/mol. The number of amides is 2. The topological polar surface area (TPSA) is 122 Å². The Labute approximate surface area is 240 Å². The molecular weight excluding hydrogens is 670 g/mol. The summed E-state index contributed by atoms with van der Waals surface area (Å²) in [4.78, 5) is 38.4. The molecule has 0 aliphatic heterocycles. The molecule has 3 rings (SSSR count). The van der Waals surface area contributed by atoms with E-state index in [1.54, 1.807) is 18.2 Å². The van der Waals surface area contributed by atoms with Gasteiger partial charge in [0.25, 0.3) is 0 Å². The second kappa shape index (κ2) is 13.9. The highest BCUT2D eigenvalue weighted by Crippen LogP contribution is 2.20. The largest absolute Gasteiger partial charge is 0.480 e. The molecular formula is C27H26Br3N3O4. The number of nitrogens with one attached hydrogen (secondary N) is 2. The fraction of sp³-hybridized carbons (Fsp3) is 0.222. The van der Waals surface area contributed by atoms with Crippen molar-refractivity contribution in [3.8, 4) is 0 Å². The Bertz CT molecular complexity index is 1270. The Kier molecular flexibility index (Phi) is 10.9. The molecule has 0 heterocycles. The van der Waals surface area contributed by atoms with E-state index in [0.29, 0.717) is 0 Å². The summed E-state index contributed by atoms with van der Waals surface area (Å²) >= 11 is 10.3. The van der Waals surface area contributed by atoms with Crippen LogP contribution in [-0.2, 0) is 33.6 Å². The molecule has 5 N–H and O–H groups in total. The van der Waals surface area contributed by atoms with E-state index in [1.807, 2.05) is 54.6 Å². The van der Waals surface area contributed by atoms with Crippen LogP contribution in [0.2, 0.25) is 0 Å². The third kappa shape index (κ3) is 8.49. The molecule has 3 aromatic carbocycles. The number of hydrogen-bond acceptors (Lipinski definition) is 4.